The van der Waals surface area contributed by atoms with Gasteiger partial charge in [-0.1, -0.05) is 18.2 Å². The van der Waals surface area contributed by atoms with E-state index in [4.69, 9.17) is 4.42 Å². The van der Waals surface area contributed by atoms with E-state index in [0.29, 0.717) is 6.04 Å². The Kier molecular flexibility index (Phi) is 3.20. The van der Waals surface area contributed by atoms with Crippen molar-refractivity contribution >= 4 is 17.0 Å². The van der Waals surface area contributed by atoms with Gasteiger partial charge in [-0.25, -0.2) is 4.79 Å². The molecule has 5 rings (SSSR count). The van der Waals surface area contributed by atoms with Crippen LogP contribution in [0.3, 0.4) is 0 Å². The maximum Gasteiger partial charge on any atom is 0.319 e. The molecular formula is C20H25N3O2. The molecule has 0 radical (unpaired) electrons. The first-order valence-corrected chi connectivity index (χ1v) is 9.32. The molecule has 0 aliphatic carbocycles. The largest absolute Gasteiger partial charge is 0.459 e. The van der Waals surface area contributed by atoms with Gasteiger partial charge >= 0.3 is 6.03 Å². The van der Waals surface area contributed by atoms with Crippen molar-refractivity contribution in [2.75, 3.05) is 33.7 Å². The Labute approximate surface area is 148 Å². The zero-order valence-corrected chi connectivity index (χ0v) is 15.0. The van der Waals surface area contributed by atoms with Gasteiger partial charge in [0.1, 0.15) is 11.3 Å². The summed E-state index contributed by atoms with van der Waals surface area (Å²) in [6.07, 6.45) is 4.16. The van der Waals surface area contributed by atoms with Crippen LogP contribution in [-0.2, 0) is 6.42 Å². The molecule has 0 saturated carbocycles. The fourth-order valence-corrected chi connectivity index (χ4v) is 5.15. The Morgan fingerprint density at radius 2 is 1.92 bits per heavy atom. The Balaban J connectivity index is 1.55. The average molecular weight is 339 g/mol. The van der Waals surface area contributed by atoms with Gasteiger partial charge < -0.3 is 14.2 Å². The number of hydrogen-bond donors (Lipinski definition) is 0. The van der Waals surface area contributed by atoms with Crippen molar-refractivity contribution in [1.82, 2.24) is 14.7 Å². The highest BCUT2D eigenvalue weighted by Gasteiger charge is 2.49. The zero-order chi connectivity index (χ0) is 17.2. The van der Waals surface area contributed by atoms with E-state index in [-0.39, 0.29) is 11.6 Å². The number of carbonyl (C=O) groups excluding carboxylic acids is 1. The summed E-state index contributed by atoms with van der Waals surface area (Å²) in [6.45, 7) is 2.99. The third kappa shape index (κ3) is 2.08. The SMILES string of the molecule is CN1CC[C@]2(CCN3CCc4c(oc5ccccc45)[C@@H]3C2)N(C)C1=O. The molecule has 4 heterocycles. The number of urea groups is 1. The van der Waals surface area contributed by atoms with Crippen molar-refractivity contribution in [2.24, 2.45) is 0 Å². The minimum atomic E-state index is -0.0294. The number of amides is 2. The molecule has 5 heteroatoms. The van der Waals surface area contributed by atoms with Gasteiger partial charge in [-0.05, 0) is 31.7 Å². The van der Waals surface area contributed by atoms with Crippen LogP contribution in [-0.4, -0.2) is 60.0 Å². The maximum atomic E-state index is 12.6. The number of nitrogens with zero attached hydrogens (tertiary/aromatic N) is 3. The van der Waals surface area contributed by atoms with Crippen LogP contribution in [0.5, 0.6) is 0 Å². The summed E-state index contributed by atoms with van der Waals surface area (Å²) < 4.78 is 6.32. The molecule has 1 aromatic carbocycles. The molecular weight excluding hydrogens is 314 g/mol. The summed E-state index contributed by atoms with van der Waals surface area (Å²) in [5.74, 6) is 1.14. The first-order chi connectivity index (χ1) is 12.1. The Bertz CT molecular complexity index is 845. The van der Waals surface area contributed by atoms with Crippen LogP contribution in [0.2, 0.25) is 0 Å². The topological polar surface area (TPSA) is 39.9 Å². The van der Waals surface area contributed by atoms with Crippen molar-refractivity contribution in [2.45, 2.75) is 37.3 Å². The van der Waals surface area contributed by atoms with Crippen LogP contribution in [0.1, 0.15) is 36.6 Å². The van der Waals surface area contributed by atoms with Gasteiger partial charge in [-0.15, -0.1) is 0 Å². The highest BCUT2D eigenvalue weighted by Crippen LogP contribution is 2.47. The van der Waals surface area contributed by atoms with Gasteiger partial charge in [-0.3, -0.25) is 4.90 Å². The van der Waals surface area contributed by atoms with Crippen molar-refractivity contribution in [3.63, 3.8) is 0 Å². The molecule has 2 aromatic rings. The van der Waals surface area contributed by atoms with E-state index in [1.165, 1.54) is 10.9 Å². The van der Waals surface area contributed by atoms with Crippen LogP contribution in [0.25, 0.3) is 11.0 Å². The summed E-state index contributed by atoms with van der Waals surface area (Å²) in [5.41, 5.74) is 2.36. The van der Waals surface area contributed by atoms with Gasteiger partial charge in [-0.2, -0.15) is 0 Å². The second-order valence-corrected chi connectivity index (χ2v) is 7.93. The Hall–Kier alpha value is -2.01. The number of hydrogen-bond acceptors (Lipinski definition) is 3. The predicted molar refractivity (Wildman–Crippen MR) is 96.6 cm³/mol. The number of para-hydroxylation sites is 1. The number of benzene rings is 1. The van der Waals surface area contributed by atoms with Crippen LogP contribution >= 0.6 is 0 Å². The number of carbonyl (C=O) groups is 1. The molecule has 2 atom stereocenters. The zero-order valence-electron chi connectivity index (χ0n) is 15.0. The van der Waals surface area contributed by atoms with E-state index >= 15 is 0 Å². The van der Waals surface area contributed by atoms with E-state index in [1.807, 2.05) is 30.0 Å². The quantitative estimate of drug-likeness (QED) is 0.740. The van der Waals surface area contributed by atoms with Crippen molar-refractivity contribution in [3.8, 4) is 0 Å². The molecule has 1 aromatic heterocycles. The number of furan rings is 1. The lowest BCUT2D eigenvalue weighted by molar-refractivity contribution is -0.0185. The maximum absolute atomic E-state index is 12.6. The van der Waals surface area contributed by atoms with E-state index in [1.54, 1.807) is 0 Å². The third-order valence-corrected chi connectivity index (χ3v) is 6.80. The van der Waals surface area contributed by atoms with Gasteiger partial charge in [0, 0.05) is 50.2 Å². The summed E-state index contributed by atoms with van der Waals surface area (Å²) in [6, 6.07) is 8.83. The summed E-state index contributed by atoms with van der Waals surface area (Å²) in [7, 11) is 3.88. The summed E-state index contributed by atoms with van der Waals surface area (Å²) in [4.78, 5) is 19.0. The van der Waals surface area contributed by atoms with E-state index < -0.39 is 0 Å². The smallest absolute Gasteiger partial charge is 0.319 e. The molecule has 25 heavy (non-hydrogen) atoms. The number of fused-ring (bicyclic) bond motifs is 5. The average Bonchev–Trinajstić information content (AvgIpc) is 3.03. The van der Waals surface area contributed by atoms with Crippen molar-refractivity contribution < 1.29 is 9.21 Å². The lowest BCUT2D eigenvalue weighted by Crippen LogP contribution is -2.63. The molecule has 132 valence electrons. The number of rotatable bonds is 0. The minimum Gasteiger partial charge on any atom is -0.459 e. The van der Waals surface area contributed by atoms with Gasteiger partial charge in [0.2, 0.25) is 0 Å². The van der Waals surface area contributed by atoms with Crippen LogP contribution in [0, 0.1) is 0 Å². The molecule has 2 amide bonds. The molecule has 3 aliphatic heterocycles. The molecule has 0 bridgehead atoms. The second kappa shape index (κ2) is 5.24. The molecule has 1 spiro atoms. The van der Waals surface area contributed by atoms with Crippen molar-refractivity contribution in [3.05, 3.63) is 35.6 Å². The molecule has 2 fully saturated rings. The van der Waals surface area contributed by atoms with E-state index in [0.717, 1.165) is 56.7 Å². The standard InChI is InChI=1S/C20H25N3O2/c1-21-11-8-20(22(2)19(21)24)9-12-23-10-7-15-14-5-3-4-6-17(14)25-18(15)16(23)13-20/h3-6,16H,7-13H2,1-2H3/t16-,20+/m0/s1. The first-order valence-electron chi connectivity index (χ1n) is 9.32. The number of piperidine rings is 1. The molecule has 3 aliphatic rings. The second-order valence-electron chi connectivity index (χ2n) is 7.93. The van der Waals surface area contributed by atoms with Gasteiger partial charge in [0.25, 0.3) is 0 Å². The van der Waals surface area contributed by atoms with Crippen LogP contribution in [0.4, 0.5) is 4.79 Å². The Morgan fingerprint density at radius 3 is 2.80 bits per heavy atom. The highest BCUT2D eigenvalue weighted by molar-refractivity contribution is 5.82. The highest BCUT2D eigenvalue weighted by atomic mass is 16.3. The fourth-order valence-electron chi connectivity index (χ4n) is 5.15. The van der Waals surface area contributed by atoms with Crippen molar-refractivity contribution in [1.29, 1.82) is 0 Å². The lowest BCUT2D eigenvalue weighted by atomic mass is 9.76. The van der Waals surface area contributed by atoms with Gasteiger partial charge in [0.15, 0.2) is 0 Å². The third-order valence-electron chi connectivity index (χ3n) is 6.80. The van der Waals surface area contributed by atoms with E-state index in [2.05, 4.69) is 23.1 Å². The van der Waals surface area contributed by atoms with E-state index in [9.17, 15) is 4.79 Å². The predicted octanol–water partition coefficient (Wildman–Crippen LogP) is 3.25. The normalized spacial score (nSPS) is 30.0. The van der Waals surface area contributed by atoms with Crippen LogP contribution in [0.15, 0.2) is 28.7 Å². The monoisotopic (exact) mass is 339 g/mol. The van der Waals surface area contributed by atoms with Gasteiger partial charge in [0.05, 0.1) is 6.04 Å². The summed E-state index contributed by atoms with van der Waals surface area (Å²) in [5, 5.41) is 1.27. The lowest BCUT2D eigenvalue weighted by Gasteiger charge is -2.54. The molecule has 2 saturated heterocycles. The Morgan fingerprint density at radius 1 is 1.12 bits per heavy atom. The first kappa shape index (κ1) is 15.3. The molecule has 0 unspecified atom stereocenters. The minimum absolute atomic E-state index is 0.0294. The molecule has 0 N–H and O–H groups in total. The fraction of sp³-hybridized carbons (Fsp3) is 0.550. The summed E-state index contributed by atoms with van der Waals surface area (Å²) >= 11 is 0. The van der Waals surface area contributed by atoms with Crippen LogP contribution < -0.4 is 0 Å². The molecule has 5 nitrogen and oxygen atoms in total.